The van der Waals surface area contributed by atoms with Gasteiger partial charge in [-0.05, 0) is 74.9 Å². The van der Waals surface area contributed by atoms with Crippen molar-refractivity contribution in [1.29, 1.82) is 0 Å². The Morgan fingerprint density at radius 3 is 2.67 bits per heavy atom. The van der Waals surface area contributed by atoms with E-state index in [-0.39, 0.29) is 5.91 Å². The first-order valence-electron chi connectivity index (χ1n) is 14.0. The van der Waals surface area contributed by atoms with Gasteiger partial charge in [0.1, 0.15) is 17.1 Å². The summed E-state index contributed by atoms with van der Waals surface area (Å²) >= 11 is 1.52. The van der Waals surface area contributed by atoms with Gasteiger partial charge in [0.25, 0.3) is 5.91 Å². The molecule has 1 fully saturated rings. The summed E-state index contributed by atoms with van der Waals surface area (Å²) in [6.45, 7) is 6.67. The van der Waals surface area contributed by atoms with Crippen LogP contribution < -0.4 is 4.72 Å². The number of carbonyl (C=O) groups excluding carboxylic acids is 1. The van der Waals surface area contributed by atoms with Gasteiger partial charge in [0.2, 0.25) is 0 Å². The van der Waals surface area contributed by atoms with Crippen molar-refractivity contribution < 1.29 is 9.32 Å². The van der Waals surface area contributed by atoms with Gasteiger partial charge in [-0.15, -0.1) is 0 Å². The second-order valence-electron chi connectivity index (χ2n) is 10.7. The number of hydrogen-bond acceptors (Lipinski definition) is 6. The first-order valence-corrected chi connectivity index (χ1v) is 14.8. The molecule has 2 aliphatic rings. The number of unbranched alkanes of at least 4 members (excludes halogenated alkanes) is 1. The number of amides is 1. The maximum atomic E-state index is 13.7. The molecular weight excluding hydrogens is 506 g/mol. The Morgan fingerprint density at radius 1 is 1.08 bits per heavy atom. The van der Waals surface area contributed by atoms with Crippen molar-refractivity contribution >= 4 is 40.4 Å². The Kier molecular flexibility index (Phi) is 6.97. The highest BCUT2D eigenvalue weighted by Gasteiger charge is 2.49. The topological polar surface area (TPSA) is 75.7 Å². The highest BCUT2D eigenvalue weighted by atomic mass is 32.2. The van der Waals surface area contributed by atoms with E-state index in [2.05, 4.69) is 70.0 Å². The number of anilines is 1. The quantitative estimate of drug-likeness (QED) is 0.221. The molecule has 2 aromatic heterocycles. The molecule has 202 valence electrons. The van der Waals surface area contributed by atoms with Crippen molar-refractivity contribution in [2.45, 2.75) is 82.7 Å². The van der Waals surface area contributed by atoms with Crippen molar-refractivity contribution in [3.8, 4) is 5.69 Å². The molecule has 1 aliphatic heterocycles. The standard InChI is InChI=1S/C31H35N5O2S/c1-4-5-15-28-32-31(17-8-9-18-31)30(37)36(28)20-23-11-10-13-25-24(23)16-19-35(25)26-12-6-7-14-27(26)39-34-29-21(2)22(3)38-33-29/h6-7,10-14,16,19H,4-5,8-9,15,17-18,20H2,1-3H3,(H,33,34). The van der Waals surface area contributed by atoms with E-state index >= 15 is 0 Å². The second-order valence-corrected chi connectivity index (χ2v) is 11.5. The third kappa shape index (κ3) is 4.65. The van der Waals surface area contributed by atoms with Crippen LogP contribution in [0.25, 0.3) is 16.6 Å². The third-order valence-electron chi connectivity index (χ3n) is 8.17. The van der Waals surface area contributed by atoms with Crippen LogP contribution in [0, 0.1) is 13.8 Å². The van der Waals surface area contributed by atoms with Gasteiger partial charge >= 0.3 is 0 Å². The summed E-state index contributed by atoms with van der Waals surface area (Å²) in [5.41, 5.74) is 3.84. The van der Waals surface area contributed by atoms with E-state index in [1.165, 1.54) is 11.9 Å². The summed E-state index contributed by atoms with van der Waals surface area (Å²) in [6.07, 6.45) is 9.07. The zero-order valence-corrected chi connectivity index (χ0v) is 23.7. The minimum absolute atomic E-state index is 0.203. The average molecular weight is 542 g/mol. The highest BCUT2D eigenvalue weighted by Crippen LogP contribution is 2.40. The van der Waals surface area contributed by atoms with E-state index in [0.29, 0.717) is 6.54 Å². The molecule has 1 saturated carbocycles. The van der Waals surface area contributed by atoms with E-state index in [9.17, 15) is 4.79 Å². The normalized spacial score (nSPS) is 16.5. The molecule has 8 heteroatoms. The lowest BCUT2D eigenvalue weighted by atomic mass is 9.98. The number of fused-ring (bicyclic) bond motifs is 1. The monoisotopic (exact) mass is 541 g/mol. The molecule has 6 rings (SSSR count). The van der Waals surface area contributed by atoms with Gasteiger partial charge in [-0.1, -0.05) is 55.6 Å². The Morgan fingerprint density at radius 2 is 1.90 bits per heavy atom. The maximum Gasteiger partial charge on any atom is 0.256 e. The van der Waals surface area contributed by atoms with Crippen LogP contribution in [-0.4, -0.2) is 31.9 Å². The van der Waals surface area contributed by atoms with E-state index in [1.54, 1.807) is 0 Å². The summed E-state index contributed by atoms with van der Waals surface area (Å²) in [7, 11) is 0. The van der Waals surface area contributed by atoms with Gasteiger partial charge in [-0.25, -0.2) is 0 Å². The van der Waals surface area contributed by atoms with Crippen molar-refractivity contribution in [2.75, 3.05) is 4.72 Å². The fourth-order valence-corrected chi connectivity index (χ4v) is 6.62. The number of aliphatic imine (C=N–C) groups is 1. The number of aromatic nitrogens is 2. The zero-order valence-electron chi connectivity index (χ0n) is 22.9. The summed E-state index contributed by atoms with van der Waals surface area (Å²) in [5.74, 6) is 2.73. The lowest BCUT2D eigenvalue weighted by Crippen LogP contribution is -2.40. The summed E-state index contributed by atoms with van der Waals surface area (Å²) < 4.78 is 10.9. The van der Waals surface area contributed by atoms with Crippen LogP contribution in [-0.2, 0) is 11.3 Å². The predicted octanol–water partition coefficient (Wildman–Crippen LogP) is 7.60. The Hall–Kier alpha value is -3.52. The van der Waals surface area contributed by atoms with Gasteiger partial charge < -0.3 is 13.8 Å². The van der Waals surface area contributed by atoms with E-state index in [0.717, 1.165) is 95.0 Å². The molecule has 1 aliphatic carbocycles. The van der Waals surface area contributed by atoms with Crippen LogP contribution >= 0.6 is 11.9 Å². The molecule has 0 atom stereocenters. The maximum absolute atomic E-state index is 13.7. The average Bonchev–Trinajstić information content (AvgIpc) is 3.73. The third-order valence-corrected chi connectivity index (χ3v) is 9.03. The largest absolute Gasteiger partial charge is 0.359 e. The molecule has 0 saturated heterocycles. The fraction of sp³-hybridized carbons (Fsp3) is 0.387. The number of nitrogens with zero attached hydrogens (tertiary/aromatic N) is 4. The smallest absolute Gasteiger partial charge is 0.256 e. The number of aryl methyl sites for hydroxylation is 1. The molecular formula is C31H35N5O2S. The van der Waals surface area contributed by atoms with Crippen LogP contribution in [0.2, 0.25) is 0 Å². The second kappa shape index (κ2) is 10.6. The van der Waals surface area contributed by atoms with Crippen molar-refractivity contribution in [3.05, 3.63) is 71.6 Å². The SMILES string of the molecule is CCCCC1=NC2(CCCC2)C(=O)N1Cc1cccc2c1ccn2-c1ccccc1SNc1noc(C)c1C. The van der Waals surface area contributed by atoms with Crippen LogP contribution in [0.15, 0.2) is 69.1 Å². The highest BCUT2D eigenvalue weighted by molar-refractivity contribution is 8.00. The molecule has 39 heavy (non-hydrogen) atoms. The lowest BCUT2D eigenvalue weighted by Gasteiger charge is -2.23. The number of nitrogens with one attached hydrogen (secondary N) is 1. The van der Waals surface area contributed by atoms with Gasteiger partial charge in [-0.2, -0.15) is 0 Å². The molecule has 1 amide bonds. The van der Waals surface area contributed by atoms with E-state index in [4.69, 9.17) is 9.52 Å². The van der Waals surface area contributed by atoms with Gasteiger partial charge in [0, 0.05) is 23.6 Å². The van der Waals surface area contributed by atoms with Crippen molar-refractivity contribution in [3.63, 3.8) is 0 Å². The molecule has 7 nitrogen and oxygen atoms in total. The van der Waals surface area contributed by atoms with E-state index < -0.39 is 5.54 Å². The lowest BCUT2D eigenvalue weighted by molar-refractivity contribution is -0.131. The minimum Gasteiger partial charge on any atom is -0.359 e. The summed E-state index contributed by atoms with van der Waals surface area (Å²) in [5, 5.41) is 5.29. The van der Waals surface area contributed by atoms with Crippen LogP contribution in [0.1, 0.15) is 68.8 Å². The Bertz CT molecular complexity index is 1550. The molecule has 1 spiro atoms. The van der Waals surface area contributed by atoms with Crippen LogP contribution in [0.3, 0.4) is 0 Å². The zero-order chi connectivity index (χ0) is 27.0. The minimum atomic E-state index is -0.507. The molecule has 0 radical (unpaired) electrons. The molecule has 2 aromatic carbocycles. The van der Waals surface area contributed by atoms with Crippen molar-refractivity contribution in [2.24, 2.45) is 4.99 Å². The van der Waals surface area contributed by atoms with E-state index in [1.807, 2.05) is 24.8 Å². The number of hydrogen-bond donors (Lipinski definition) is 1. The van der Waals surface area contributed by atoms with Crippen LogP contribution in [0.5, 0.6) is 0 Å². The van der Waals surface area contributed by atoms with Crippen molar-refractivity contribution in [1.82, 2.24) is 14.6 Å². The Labute approximate surface area is 233 Å². The number of carbonyl (C=O) groups is 1. The molecule has 1 N–H and O–H groups in total. The first kappa shape index (κ1) is 25.7. The molecule has 3 heterocycles. The molecule has 0 bridgehead atoms. The van der Waals surface area contributed by atoms with Crippen LogP contribution in [0.4, 0.5) is 5.82 Å². The molecule has 0 unspecified atom stereocenters. The Balaban J connectivity index is 1.30. The van der Waals surface area contributed by atoms with Gasteiger partial charge in [-0.3, -0.25) is 14.7 Å². The first-order chi connectivity index (χ1) is 19.0. The summed E-state index contributed by atoms with van der Waals surface area (Å²) in [6, 6.07) is 16.9. The fourth-order valence-electron chi connectivity index (χ4n) is 5.81. The predicted molar refractivity (Wildman–Crippen MR) is 157 cm³/mol. The van der Waals surface area contributed by atoms with Gasteiger partial charge in [0.15, 0.2) is 5.82 Å². The summed E-state index contributed by atoms with van der Waals surface area (Å²) in [4.78, 5) is 21.9. The number of para-hydroxylation sites is 1. The molecule has 4 aromatic rings. The number of amidine groups is 1. The van der Waals surface area contributed by atoms with Gasteiger partial charge in [0.05, 0.1) is 22.6 Å². The number of rotatable bonds is 9. The number of benzene rings is 2.